The first-order valence-corrected chi connectivity index (χ1v) is 13.0. The number of benzene rings is 1. The number of hydrogen-bond acceptors (Lipinski definition) is 5. The van der Waals surface area contributed by atoms with Crippen molar-refractivity contribution < 1.29 is 22.7 Å². The highest BCUT2D eigenvalue weighted by atomic mass is 35.5. The van der Waals surface area contributed by atoms with Crippen molar-refractivity contribution in [3.63, 3.8) is 0 Å². The summed E-state index contributed by atoms with van der Waals surface area (Å²) < 4.78 is 44.8. The Bertz CT molecular complexity index is 1400. The van der Waals surface area contributed by atoms with E-state index in [9.17, 15) is 18.0 Å². The van der Waals surface area contributed by atoms with Crippen LogP contribution in [-0.2, 0) is 5.41 Å². The minimum atomic E-state index is -4.25. The molecule has 3 aliphatic rings. The number of rotatable bonds is 7. The van der Waals surface area contributed by atoms with Gasteiger partial charge in [-0.3, -0.25) is 14.7 Å². The van der Waals surface area contributed by atoms with Gasteiger partial charge in [-0.1, -0.05) is 17.7 Å². The average Bonchev–Trinajstić information content (AvgIpc) is 3.55. The van der Waals surface area contributed by atoms with E-state index in [1.807, 2.05) is 19.1 Å². The van der Waals surface area contributed by atoms with Gasteiger partial charge in [-0.25, -0.2) is 0 Å². The number of amides is 1. The molecule has 1 aliphatic carbocycles. The summed E-state index contributed by atoms with van der Waals surface area (Å²) in [4.78, 5) is 22.3. The molecule has 7 nitrogen and oxygen atoms in total. The number of anilines is 2. The van der Waals surface area contributed by atoms with Crippen LogP contribution in [0.25, 0.3) is 11.3 Å². The van der Waals surface area contributed by atoms with Crippen molar-refractivity contribution in [1.29, 1.82) is 0 Å². The number of fused-ring (bicyclic) bond motifs is 2. The lowest BCUT2D eigenvalue weighted by molar-refractivity contribution is -0.163. The van der Waals surface area contributed by atoms with Crippen molar-refractivity contribution in [2.24, 2.45) is 0 Å². The SMILES string of the molecule is Cc1c(Cl)cccc1Nc1c(-c2ccncc2OC[C@H]2CCN2CC(F)(F)F)[nH]c2c1C(=O)NCC21CC1. The molecule has 0 bridgehead atoms. The predicted molar refractivity (Wildman–Crippen MR) is 138 cm³/mol. The summed E-state index contributed by atoms with van der Waals surface area (Å²) in [6.45, 7) is 2.02. The number of hydrogen-bond donors (Lipinski definition) is 3. The molecule has 0 radical (unpaired) electrons. The van der Waals surface area contributed by atoms with Crippen LogP contribution in [-0.4, -0.2) is 59.2 Å². The van der Waals surface area contributed by atoms with Crippen LogP contribution in [0.4, 0.5) is 24.5 Å². The molecule has 2 aliphatic heterocycles. The molecule has 1 spiro atoms. The lowest BCUT2D eigenvalue weighted by atomic mass is 9.93. The largest absolute Gasteiger partial charge is 0.490 e. The average molecular weight is 546 g/mol. The highest BCUT2D eigenvalue weighted by molar-refractivity contribution is 6.31. The van der Waals surface area contributed by atoms with Crippen LogP contribution in [0.2, 0.25) is 5.02 Å². The third kappa shape index (κ3) is 4.49. The molecule has 200 valence electrons. The number of nitrogens with one attached hydrogen (secondary N) is 3. The van der Waals surface area contributed by atoms with Gasteiger partial charge in [-0.05, 0) is 49.9 Å². The summed E-state index contributed by atoms with van der Waals surface area (Å²) in [5.74, 6) is 0.261. The Hall–Kier alpha value is -3.24. The number of halogens is 4. The van der Waals surface area contributed by atoms with E-state index < -0.39 is 12.7 Å². The minimum absolute atomic E-state index is 0.107. The summed E-state index contributed by atoms with van der Waals surface area (Å²) in [5.41, 5.74) is 4.85. The first-order chi connectivity index (χ1) is 18.2. The van der Waals surface area contributed by atoms with Gasteiger partial charge in [0, 0.05) is 52.7 Å². The second kappa shape index (κ2) is 9.20. The summed E-state index contributed by atoms with van der Waals surface area (Å²) in [6.07, 6.45) is 1.50. The monoisotopic (exact) mass is 545 g/mol. The van der Waals surface area contributed by atoms with E-state index in [0.29, 0.717) is 52.8 Å². The Labute approximate surface area is 222 Å². The van der Waals surface area contributed by atoms with Gasteiger partial charge in [-0.2, -0.15) is 13.2 Å². The Morgan fingerprint density at radius 2 is 2.11 bits per heavy atom. The molecule has 4 heterocycles. The Morgan fingerprint density at radius 3 is 2.82 bits per heavy atom. The number of alkyl halides is 3. The molecule has 38 heavy (non-hydrogen) atoms. The molecule has 1 atom stereocenters. The molecule has 1 amide bonds. The summed E-state index contributed by atoms with van der Waals surface area (Å²) in [5, 5.41) is 7.08. The maximum absolute atomic E-state index is 13.2. The van der Waals surface area contributed by atoms with Crippen molar-refractivity contribution in [3.05, 3.63) is 58.5 Å². The zero-order valence-electron chi connectivity index (χ0n) is 20.7. The van der Waals surface area contributed by atoms with Crippen molar-refractivity contribution in [2.45, 2.75) is 43.8 Å². The molecule has 3 N–H and O–H groups in total. The number of carbonyl (C=O) groups excluding carboxylic acids is 1. The maximum atomic E-state index is 13.2. The number of aromatic amines is 1. The summed E-state index contributed by atoms with van der Waals surface area (Å²) in [6, 6.07) is 7.00. The second-order valence-electron chi connectivity index (χ2n) is 10.3. The molecule has 3 aromatic rings. The Balaban J connectivity index is 1.37. The van der Waals surface area contributed by atoms with Gasteiger partial charge >= 0.3 is 6.18 Å². The smallest absolute Gasteiger partial charge is 0.401 e. The number of likely N-dealkylation sites (tertiary alicyclic amines) is 1. The molecule has 2 fully saturated rings. The van der Waals surface area contributed by atoms with E-state index in [1.165, 1.54) is 4.90 Å². The van der Waals surface area contributed by atoms with Gasteiger partial charge < -0.3 is 20.4 Å². The first kappa shape index (κ1) is 25.1. The maximum Gasteiger partial charge on any atom is 0.401 e. The Morgan fingerprint density at radius 1 is 1.29 bits per heavy atom. The van der Waals surface area contributed by atoms with Gasteiger partial charge in [0.05, 0.1) is 29.7 Å². The summed E-state index contributed by atoms with van der Waals surface area (Å²) in [7, 11) is 0. The van der Waals surface area contributed by atoms with Crippen LogP contribution in [0.1, 0.15) is 40.9 Å². The fourth-order valence-corrected chi connectivity index (χ4v) is 5.52. The highest BCUT2D eigenvalue weighted by Crippen LogP contribution is 2.54. The molecule has 0 unspecified atom stereocenters. The first-order valence-electron chi connectivity index (χ1n) is 12.6. The third-order valence-electron chi connectivity index (χ3n) is 7.86. The van der Waals surface area contributed by atoms with Crippen molar-refractivity contribution in [2.75, 3.05) is 31.6 Å². The summed E-state index contributed by atoms with van der Waals surface area (Å²) >= 11 is 6.38. The highest BCUT2D eigenvalue weighted by Gasteiger charge is 2.51. The quantitative estimate of drug-likeness (QED) is 0.361. The molecule has 6 rings (SSSR count). The fraction of sp³-hybridized carbons (Fsp3) is 0.407. The van der Waals surface area contributed by atoms with E-state index >= 15 is 0 Å². The van der Waals surface area contributed by atoms with Crippen LogP contribution in [0.5, 0.6) is 5.75 Å². The van der Waals surface area contributed by atoms with E-state index in [1.54, 1.807) is 24.5 Å². The number of aromatic nitrogens is 2. The van der Waals surface area contributed by atoms with Crippen molar-refractivity contribution in [3.8, 4) is 17.0 Å². The van der Waals surface area contributed by atoms with Gasteiger partial charge in [0.1, 0.15) is 12.4 Å². The lowest BCUT2D eigenvalue weighted by Crippen LogP contribution is -2.54. The molecular formula is C27H27ClF3N5O2. The van der Waals surface area contributed by atoms with E-state index in [0.717, 1.165) is 29.8 Å². The predicted octanol–water partition coefficient (Wildman–Crippen LogP) is 5.57. The van der Waals surface area contributed by atoms with Crippen LogP contribution < -0.4 is 15.4 Å². The van der Waals surface area contributed by atoms with Crippen LogP contribution in [0, 0.1) is 6.92 Å². The minimum Gasteiger partial charge on any atom is -0.490 e. The normalized spacial score (nSPS) is 20.0. The number of ether oxygens (including phenoxy) is 1. The third-order valence-corrected chi connectivity index (χ3v) is 8.27. The number of pyridine rings is 1. The van der Waals surface area contributed by atoms with Crippen LogP contribution >= 0.6 is 11.6 Å². The molecule has 11 heteroatoms. The van der Waals surface area contributed by atoms with Crippen LogP contribution in [0.3, 0.4) is 0 Å². The number of nitrogens with zero attached hydrogens (tertiary/aromatic N) is 2. The lowest BCUT2D eigenvalue weighted by Gasteiger charge is -2.40. The molecule has 2 aromatic heterocycles. The molecule has 1 saturated carbocycles. The molecule has 1 aromatic carbocycles. The number of carbonyl (C=O) groups is 1. The molecule has 1 saturated heterocycles. The zero-order valence-corrected chi connectivity index (χ0v) is 21.5. The van der Waals surface area contributed by atoms with Crippen molar-refractivity contribution in [1.82, 2.24) is 20.2 Å². The molecular weight excluding hydrogens is 519 g/mol. The van der Waals surface area contributed by atoms with E-state index in [-0.39, 0.29) is 24.0 Å². The van der Waals surface area contributed by atoms with Crippen molar-refractivity contribution >= 4 is 28.9 Å². The van der Waals surface area contributed by atoms with Crippen LogP contribution in [0.15, 0.2) is 36.7 Å². The Kier molecular flexibility index (Phi) is 6.07. The topological polar surface area (TPSA) is 82.3 Å². The van der Waals surface area contributed by atoms with E-state index in [2.05, 4.69) is 20.6 Å². The standard InChI is InChI=1S/C27H27ClF3N5O2/c1-15-18(28)3-2-4-19(15)34-23-21-24(26(7-8-26)13-33-25(21)37)35-22(23)17-5-9-32-11-20(17)38-12-16-6-10-36(16)14-27(29,30)31/h2-5,9,11,16,34-35H,6-8,10,12-14H2,1H3,(H,33,37)/t16-/m1/s1. The fourth-order valence-electron chi connectivity index (χ4n) is 5.34. The van der Waals surface area contributed by atoms with Gasteiger partial charge in [0.25, 0.3) is 5.91 Å². The van der Waals surface area contributed by atoms with E-state index in [4.69, 9.17) is 16.3 Å². The van der Waals surface area contributed by atoms with Gasteiger partial charge in [0.15, 0.2) is 0 Å². The zero-order chi connectivity index (χ0) is 26.7. The van der Waals surface area contributed by atoms with Gasteiger partial charge in [-0.15, -0.1) is 0 Å². The second-order valence-corrected chi connectivity index (χ2v) is 10.7. The number of H-pyrrole nitrogens is 1. The van der Waals surface area contributed by atoms with Gasteiger partial charge in [0.2, 0.25) is 0 Å².